The first-order valence-electron chi connectivity index (χ1n) is 21.8. The lowest BCUT2D eigenvalue weighted by Crippen LogP contribution is -2.39. The van der Waals surface area contributed by atoms with Crippen LogP contribution in [0.2, 0.25) is 0 Å². The summed E-state index contributed by atoms with van der Waals surface area (Å²) in [7, 11) is 1.66. The van der Waals surface area contributed by atoms with E-state index in [0.717, 1.165) is 91.9 Å². The highest BCUT2D eigenvalue weighted by molar-refractivity contribution is 5.98. The van der Waals surface area contributed by atoms with Crippen LogP contribution in [0.5, 0.6) is 5.75 Å². The second-order valence-corrected chi connectivity index (χ2v) is 16.0. The van der Waals surface area contributed by atoms with E-state index in [0.29, 0.717) is 24.5 Å². The fraction of sp³-hybridized carbons (Fsp3) is 0.167. The smallest absolute Gasteiger partial charge is 0.265 e. The standard InChI is InChI=1S/C54H50N8O2/c1-4-17-50-56-51-38(2)34-42(53(63)58-55-33-32-39-18-16-25-46(35-39)64-3)36-49(51)61(50)37-40-28-30-41(31-29-40)47-26-14-15-27-48(47)52-57-59-60-62(52)54(43-19-8-5-9-20-43,44-21-10-6-11-22-44)45-23-12-7-13-24-45/h5-16,18-31,34-36,55H,4,17,32-33,37H2,1-3H3,(H,58,63). The third kappa shape index (κ3) is 8.19. The van der Waals surface area contributed by atoms with E-state index < -0.39 is 5.54 Å². The van der Waals surface area contributed by atoms with Gasteiger partial charge >= 0.3 is 0 Å². The van der Waals surface area contributed by atoms with Crippen LogP contribution in [0.4, 0.5) is 0 Å². The molecule has 0 unspecified atom stereocenters. The van der Waals surface area contributed by atoms with Crippen molar-refractivity contribution >= 4 is 16.9 Å². The van der Waals surface area contributed by atoms with Gasteiger partial charge in [0.25, 0.3) is 5.91 Å². The second-order valence-electron chi connectivity index (χ2n) is 16.0. The number of nitrogens with zero attached hydrogens (tertiary/aromatic N) is 6. The molecule has 0 bridgehead atoms. The molecule has 9 aromatic rings. The number of nitrogens with one attached hydrogen (secondary N) is 2. The minimum absolute atomic E-state index is 0.192. The number of carbonyl (C=O) groups is 1. The molecular formula is C54H50N8O2. The fourth-order valence-electron chi connectivity index (χ4n) is 8.80. The van der Waals surface area contributed by atoms with Crippen LogP contribution in [-0.4, -0.2) is 49.3 Å². The van der Waals surface area contributed by atoms with E-state index in [9.17, 15) is 4.79 Å². The monoisotopic (exact) mass is 842 g/mol. The number of aromatic nitrogens is 6. The number of carbonyl (C=O) groups excluding carboxylic acids is 1. The molecule has 2 N–H and O–H groups in total. The quantitative estimate of drug-likeness (QED) is 0.0566. The first-order valence-corrected chi connectivity index (χ1v) is 21.8. The second kappa shape index (κ2) is 18.7. The molecule has 0 aliphatic rings. The largest absolute Gasteiger partial charge is 0.497 e. The lowest BCUT2D eigenvalue weighted by atomic mass is 9.77. The van der Waals surface area contributed by atoms with E-state index >= 15 is 0 Å². The van der Waals surface area contributed by atoms with Crippen LogP contribution in [0.3, 0.4) is 0 Å². The van der Waals surface area contributed by atoms with Crippen molar-refractivity contribution < 1.29 is 9.53 Å². The molecule has 10 nitrogen and oxygen atoms in total. The molecule has 0 fully saturated rings. The van der Waals surface area contributed by atoms with Gasteiger partial charge in [-0.05, 0) is 99.0 Å². The average Bonchev–Trinajstić information content (AvgIpc) is 3.97. The number of aryl methyl sites for hydroxylation is 2. The lowest BCUT2D eigenvalue weighted by Gasteiger charge is -2.36. The van der Waals surface area contributed by atoms with E-state index in [1.54, 1.807) is 7.11 Å². The molecular weight excluding hydrogens is 793 g/mol. The molecule has 64 heavy (non-hydrogen) atoms. The summed E-state index contributed by atoms with van der Waals surface area (Å²) in [4.78, 5) is 18.6. The van der Waals surface area contributed by atoms with Gasteiger partial charge in [-0.15, -0.1) is 5.10 Å². The molecule has 0 aliphatic carbocycles. The number of hydrazine groups is 1. The van der Waals surface area contributed by atoms with Gasteiger partial charge in [0.1, 0.15) is 17.1 Å². The van der Waals surface area contributed by atoms with Gasteiger partial charge in [-0.3, -0.25) is 10.2 Å². The van der Waals surface area contributed by atoms with E-state index in [-0.39, 0.29) is 5.91 Å². The third-order valence-electron chi connectivity index (χ3n) is 11.9. The molecule has 0 saturated carbocycles. The molecule has 0 atom stereocenters. The summed E-state index contributed by atoms with van der Waals surface area (Å²) in [6.45, 7) is 5.36. The summed E-state index contributed by atoms with van der Waals surface area (Å²) >= 11 is 0. The van der Waals surface area contributed by atoms with Crippen molar-refractivity contribution in [2.24, 2.45) is 0 Å². The highest BCUT2D eigenvalue weighted by Crippen LogP contribution is 2.43. The zero-order valence-corrected chi connectivity index (χ0v) is 36.3. The zero-order chi connectivity index (χ0) is 43.9. The van der Waals surface area contributed by atoms with Crippen LogP contribution in [0.1, 0.15) is 62.9 Å². The molecule has 9 rings (SSSR count). The first kappa shape index (κ1) is 41.7. The number of methoxy groups -OCH3 is 1. The number of rotatable bonds is 16. The Kier molecular flexibility index (Phi) is 12.2. The molecule has 7 aromatic carbocycles. The SMILES string of the molecule is CCCc1nc2c(C)cc(C(=O)NNCCc3cccc(OC)c3)cc2n1Cc1ccc(-c2ccccc2-c2nnnn2C(c2ccccc2)(c2ccccc2)c2ccccc2)cc1. The Morgan fingerprint density at radius 3 is 1.97 bits per heavy atom. The Bertz CT molecular complexity index is 2900. The highest BCUT2D eigenvalue weighted by atomic mass is 16.5. The van der Waals surface area contributed by atoms with Gasteiger partial charge in [0.2, 0.25) is 0 Å². The summed E-state index contributed by atoms with van der Waals surface area (Å²) in [5, 5.41) is 13.9. The Hall–Kier alpha value is -7.69. The lowest BCUT2D eigenvalue weighted by molar-refractivity contribution is 0.0933. The third-order valence-corrected chi connectivity index (χ3v) is 11.9. The Morgan fingerprint density at radius 2 is 1.33 bits per heavy atom. The van der Waals surface area contributed by atoms with Crippen LogP contribution in [0.15, 0.2) is 176 Å². The molecule has 2 aromatic heterocycles. The minimum Gasteiger partial charge on any atom is -0.497 e. The predicted molar refractivity (Wildman–Crippen MR) is 253 cm³/mol. The average molecular weight is 843 g/mol. The van der Waals surface area contributed by atoms with Crippen molar-refractivity contribution in [3.05, 3.63) is 221 Å². The number of hydrogen-bond acceptors (Lipinski definition) is 7. The summed E-state index contributed by atoms with van der Waals surface area (Å²) in [5.41, 5.74) is 16.8. The van der Waals surface area contributed by atoms with Gasteiger partial charge in [0, 0.05) is 30.6 Å². The Balaban J connectivity index is 1.02. The number of hydrogen-bond donors (Lipinski definition) is 2. The molecule has 0 saturated heterocycles. The van der Waals surface area contributed by atoms with Gasteiger partial charge in [-0.1, -0.05) is 159 Å². The summed E-state index contributed by atoms with van der Waals surface area (Å²) in [5.74, 6) is 2.26. The zero-order valence-electron chi connectivity index (χ0n) is 36.3. The van der Waals surface area contributed by atoms with Gasteiger partial charge in [0.05, 0.1) is 18.1 Å². The topological polar surface area (TPSA) is 112 Å². The van der Waals surface area contributed by atoms with Gasteiger partial charge in [-0.25, -0.2) is 15.1 Å². The maximum Gasteiger partial charge on any atom is 0.265 e. The number of imidazole rings is 1. The maximum atomic E-state index is 13.5. The molecule has 10 heteroatoms. The van der Waals surface area contributed by atoms with E-state index in [1.807, 2.05) is 72.3 Å². The fourth-order valence-corrected chi connectivity index (χ4v) is 8.80. The van der Waals surface area contributed by atoms with Crippen LogP contribution >= 0.6 is 0 Å². The van der Waals surface area contributed by atoms with Crippen LogP contribution < -0.4 is 15.6 Å². The summed E-state index contributed by atoms with van der Waals surface area (Å²) < 4.78 is 9.59. The van der Waals surface area contributed by atoms with Gasteiger partial charge in [-0.2, -0.15) is 0 Å². The van der Waals surface area contributed by atoms with Crippen LogP contribution in [0.25, 0.3) is 33.5 Å². The van der Waals surface area contributed by atoms with E-state index in [4.69, 9.17) is 20.0 Å². The van der Waals surface area contributed by atoms with Crippen molar-refractivity contribution in [1.29, 1.82) is 0 Å². The first-order chi connectivity index (χ1) is 31.5. The van der Waals surface area contributed by atoms with Crippen molar-refractivity contribution in [2.45, 2.75) is 45.2 Å². The number of fused-ring (bicyclic) bond motifs is 1. The number of benzene rings is 7. The van der Waals surface area contributed by atoms with E-state index in [2.05, 4.69) is 143 Å². The molecule has 0 radical (unpaired) electrons. The number of tetrazole rings is 1. The Labute approximate surface area is 373 Å². The van der Waals surface area contributed by atoms with Gasteiger partial charge < -0.3 is 9.30 Å². The van der Waals surface area contributed by atoms with Crippen molar-refractivity contribution in [3.63, 3.8) is 0 Å². The molecule has 0 spiro atoms. The highest BCUT2D eigenvalue weighted by Gasteiger charge is 2.42. The molecule has 0 aliphatic heterocycles. The molecule has 1 amide bonds. The predicted octanol–water partition coefficient (Wildman–Crippen LogP) is 9.99. The Morgan fingerprint density at radius 1 is 0.688 bits per heavy atom. The normalized spacial score (nSPS) is 11.5. The van der Waals surface area contributed by atoms with E-state index in [1.165, 1.54) is 0 Å². The van der Waals surface area contributed by atoms with Crippen LogP contribution in [0, 0.1) is 6.92 Å². The van der Waals surface area contributed by atoms with Gasteiger partial charge in [0.15, 0.2) is 5.82 Å². The maximum absolute atomic E-state index is 13.5. The number of amides is 1. The van der Waals surface area contributed by atoms with Crippen molar-refractivity contribution in [3.8, 4) is 28.3 Å². The van der Waals surface area contributed by atoms with Crippen LogP contribution in [-0.2, 0) is 24.9 Å². The number of ether oxygens (including phenoxy) is 1. The summed E-state index contributed by atoms with van der Waals surface area (Å²) in [6.07, 6.45) is 2.50. The van der Waals surface area contributed by atoms with Crippen molar-refractivity contribution in [2.75, 3.05) is 13.7 Å². The van der Waals surface area contributed by atoms with Crippen molar-refractivity contribution in [1.82, 2.24) is 40.6 Å². The minimum atomic E-state index is -0.879. The summed E-state index contributed by atoms with van der Waals surface area (Å²) in [6, 6.07) is 60.2. The molecule has 2 heterocycles. The molecule has 318 valence electrons.